The number of aryl methyl sites for hydroxylation is 1. The molecule has 1 aromatic carbocycles. The lowest BCUT2D eigenvalue weighted by atomic mass is 10.1. The highest BCUT2D eigenvalue weighted by Crippen LogP contribution is 2.24. The highest BCUT2D eigenvalue weighted by molar-refractivity contribution is 9.10. The molecule has 0 amide bonds. The summed E-state index contributed by atoms with van der Waals surface area (Å²) in [5.41, 5.74) is 2.07. The number of hydrogen-bond acceptors (Lipinski definition) is 3. The summed E-state index contributed by atoms with van der Waals surface area (Å²) in [6, 6.07) is 9.81. The fourth-order valence-electron chi connectivity index (χ4n) is 1.53. The zero-order chi connectivity index (χ0) is 11.5. The van der Waals surface area contributed by atoms with Gasteiger partial charge in [0.25, 0.3) is 0 Å². The monoisotopic (exact) mass is 276 g/mol. The first-order valence-corrected chi connectivity index (χ1v) is 5.65. The zero-order valence-electron chi connectivity index (χ0n) is 8.68. The summed E-state index contributed by atoms with van der Waals surface area (Å²) >= 11 is 3.41. The average molecular weight is 277 g/mol. The molecular weight excluding hydrogens is 268 g/mol. The highest BCUT2D eigenvalue weighted by atomic mass is 79.9. The van der Waals surface area contributed by atoms with Crippen molar-refractivity contribution >= 4 is 15.9 Å². The summed E-state index contributed by atoms with van der Waals surface area (Å²) in [5, 5.41) is 16.8. The SMILES string of the molecule is CCn1nnc(C#N)c1-c1cccc(Br)c1. The first-order valence-electron chi connectivity index (χ1n) is 4.85. The van der Waals surface area contributed by atoms with Crippen LogP contribution in [0.3, 0.4) is 0 Å². The van der Waals surface area contributed by atoms with Gasteiger partial charge in [-0.2, -0.15) is 5.26 Å². The van der Waals surface area contributed by atoms with Gasteiger partial charge in [-0.05, 0) is 19.1 Å². The Kier molecular flexibility index (Phi) is 3.02. The summed E-state index contributed by atoms with van der Waals surface area (Å²) in [6.07, 6.45) is 0. The van der Waals surface area contributed by atoms with E-state index in [2.05, 4.69) is 32.3 Å². The minimum absolute atomic E-state index is 0.361. The Labute approximate surface area is 102 Å². The van der Waals surface area contributed by atoms with Crippen LogP contribution >= 0.6 is 15.9 Å². The van der Waals surface area contributed by atoms with Gasteiger partial charge in [-0.25, -0.2) is 4.68 Å². The van der Waals surface area contributed by atoms with E-state index in [-0.39, 0.29) is 0 Å². The van der Waals surface area contributed by atoms with Crippen LogP contribution in [0.2, 0.25) is 0 Å². The number of hydrogen-bond donors (Lipinski definition) is 0. The van der Waals surface area contributed by atoms with Crippen LogP contribution in [-0.4, -0.2) is 15.0 Å². The van der Waals surface area contributed by atoms with Crippen LogP contribution in [0.15, 0.2) is 28.7 Å². The van der Waals surface area contributed by atoms with Gasteiger partial charge in [0, 0.05) is 16.6 Å². The van der Waals surface area contributed by atoms with Crippen molar-refractivity contribution in [2.24, 2.45) is 0 Å². The van der Waals surface area contributed by atoms with E-state index in [1.807, 2.05) is 31.2 Å². The molecule has 0 saturated carbocycles. The third-order valence-corrected chi connectivity index (χ3v) is 2.73. The molecule has 2 aromatic rings. The molecule has 0 aliphatic heterocycles. The van der Waals surface area contributed by atoms with Crippen LogP contribution in [0.1, 0.15) is 12.6 Å². The summed E-state index contributed by atoms with van der Waals surface area (Å²) in [5.74, 6) is 0. The molecule has 1 aromatic heterocycles. The lowest BCUT2D eigenvalue weighted by Gasteiger charge is -2.04. The Hall–Kier alpha value is -1.67. The van der Waals surface area contributed by atoms with Crippen LogP contribution < -0.4 is 0 Å². The number of halogens is 1. The van der Waals surface area contributed by atoms with Gasteiger partial charge in [0.2, 0.25) is 0 Å². The standard InChI is InChI=1S/C11H9BrN4/c1-2-16-11(10(7-13)14-15-16)8-4-3-5-9(12)6-8/h3-6H,2H2,1H3. The van der Waals surface area contributed by atoms with Gasteiger partial charge in [0.1, 0.15) is 11.8 Å². The normalized spacial score (nSPS) is 10.1. The molecule has 0 spiro atoms. The fraction of sp³-hybridized carbons (Fsp3) is 0.182. The van der Waals surface area contributed by atoms with E-state index in [1.165, 1.54) is 0 Å². The molecule has 2 rings (SSSR count). The Morgan fingerprint density at radius 1 is 1.50 bits per heavy atom. The maximum absolute atomic E-state index is 8.98. The molecule has 0 aliphatic carbocycles. The third-order valence-electron chi connectivity index (χ3n) is 2.24. The second kappa shape index (κ2) is 4.45. The van der Waals surface area contributed by atoms with E-state index in [9.17, 15) is 0 Å². The molecule has 0 radical (unpaired) electrons. The van der Waals surface area contributed by atoms with Gasteiger partial charge in [0.15, 0.2) is 5.69 Å². The summed E-state index contributed by atoms with van der Waals surface area (Å²) in [4.78, 5) is 0. The van der Waals surface area contributed by atoms with E-state index in [4.69, 9.17) is 5.26 Å². The van der Waals surface area contributed by atoms with Crippen molar-refractivity contribution in [1.82, 2.24) is 15.0 Å². The van der Waals surface area contributed by atoms with Crippen LogP contribution in [0.25, 0.3) is 11.3 Å². The van der Waals surface area contributed by atoms with Gasteiger partial charge in [-0.3, -0.25) is 0 Å². The van der Waals surface area contributed by atoms with Gasteiger partial charge >= 0.3 is 0 Å². The van der Waals surface area contributed by atoms with Crippen LogP contribution in [0.5, 0.6) is 0 Å². The Bertz CT molecular complexity index is 553. The summed E-state index contributed by atoms with van der Waals surface area (Å²) < 4.78 is 2.69. The van der Waals surface area contributed by atoms with E-state index in [0.717, 1.165) is 15.7 Å². The molecule has 0 saturated heterocycles. The highest BCUT2D eigenvalue weighted by Gasteiger charge is 2.13. The Morgan fingerprint density at radius 3 is 2.94 bits per heavy atom. The maximum Gasteiger partial charge on any atom is 0.190 e. The smallest absolute Gasteiger partial charge is 0.190 e. The first kappa shape index (κ1) is 10.8. The van der Waals surface area contributed by atoms with Crippen LogP contribution in [0, 0.1) is 11.3 Å². The first-order chi connectivity index (χ1) is 7.76. The minimum Gasteiger partial charge on any atom is -0.244 e. The predicted octanol–water partition coefficient (Wildman–Crippen LogP) is 2.60. The fourth-order valence-corrected chi connectivity index (χ4v) is 1.93. The number of nitriles is 1. The van der Waals surface area contributed by atoms with Crippen LogP contribution in [-0.2, 0) is 6.54 Å². The van der Waals surface area contributed by atoms with Crippen molar-refractivity contribution in [3.05, 3.63) is 34.4 Å². The minimum atomic E-state index is 0.361. The molecule has 4 nitrogen and oxygen atoms in total. The molecule has 1 heterocycles. The number of nitrogens with zero attached hydrogens (tertiary/aromatic N) is 4. The van der Waals surface area contributed by atoms with Crippen molar-refractivity contribution in [2.45, 2.75) is 13.5 Å². The van der Waals surface area contributed by atoms with E-state index in [1.54, 1.807) is 4.68 Å². The molecule has 0 N–H and O–H groups in total. The molecule has 16 heavy (non-hydrogen) atoms. The molecule has 5 heteroatoms. The lowest BCUT2D eigenvalue weighted by molar-refractivity contribution is 0.632. The third kappa shape index (κ3) is 1.84. The predicted molar refractivity (Wildman–Crippen MR) is 63.5 cm³/mol. The van der Waals surface area contributed by atoms with E-state index < -0.39 is 0 Å². The van der Waals surface area contributed by atoms with Crippen LogP contribution in [0.4, 0.5) is 0 Å². The zero-order valence-corrected chi connectivity index (χ0v) is 10.3. The van der Waals surface area contributed by atoms with Crippen molar-refractivity contribution in [3.63, 3.8) is 0 Å². The largest absolute Gasteiger partial charge is 0.244 e. The van der Waals surface area contributed by atoms with Gasteiger partial charge in [-0.1, -0.05) is 33.3 Å². The Morgan fingerprint density at radius 2 is 2.31 bits per heavy atom. The van der Waals surface area contributed by atoms with Gasteiger partial charge in [0.05, 0.1) is 0 Å². The molecule has 80 valence electrons. The second-order valence-electron chi connectivity index (χ2n) is 3.22. The molecule has 0 unspecified atom stereocenters. The second-order valence-corrected chi connectivity index (χ2v) is 4.14. The number of aromatic nitrogens is 3. The molecule has 0 atom stereocenters. The summed E-state index contributed by atoms with van der Waals surface area (Å²) in [6.45, 7) is 2.66. The quantitative estimate of drug-likeness (QED) is 0.847. The molecule has 0 aliphatic rings. The van der Waals surface area contributed by atoms with Gasteiger partial charge < -0.3 is 0 Å². The average Bonchev–Trinajstić information content (AvgIpc) is 2.71. The Balaban J connectivity index is 2.63. The number of rotatable bonds is 2. The molecular formula is C11H9BrN4. The van der Waals surface area contributed by atoms with E-state index in [0.29, 0.717) is 12.2 Å². The molecule has 0 fully saturated rings. The van der Waals surface area contributed by atoms with E-state index >= 15 is 0 Å². The topological polar surface area (TPSA) is 54.5 Å². The van der Waals surface area contributed by atoms with Crippen molar-refractivity contribution < 1.29 is 0 Å². The maximum atomic E-state index is 8.98. The summed E-state index contributed by atoms with van der Waals surface area (Å²) in [7, 11) is 0. The van der Waals surface area contributed by atoms with Crippen molar-refractivity contribution in [2.75, 3.05) is 0 Å². The number of benzene rings is 1. The van der Waals surface area contributed by atoms with Crippen molar-refractivity contribution in [1.29, 1.82) is 5.26 Å². The molecule has 0 bridgehead atoms. The van der Waals surface area contributed by atoms with Crippen molar-refractivity contribution in [3.8, 4) is 17.3 Å². The lowest BCUT2D eigenvalue weighted by Crippen LogP contribution is -1.99. The van der Waals surface area contributed by atoms with Gasteiger partial charge in [-0.15, -0.1) is 5.10 Å².